The van der Waals surface area contributed by atoms with E-state index in [2.05, 4.69) is 11.1 Å². The van der Waals surface area contributed by atoms with Gasteiger partial charge in [0.25, 0.3) is 0 Å². The maximum Gasteiger partial charge on any atom is 0.0626 e. The molecular formula is C12H19N3O. The van der Waals surface area contributed by atoms with E-state index < -0.39 is 0 Å². The van der Waals surface area contributed by atoms with Crippen LogP contribution in [0.1, 0.15) is 11.1 Å². The minimum Gasteiger partial charge on any atom is -0.394 e. The molecule has 1 aromatic carbocycles. The molecule has 88 valence electrons. The van der Waals surface area contributed by atoms with Gasteiger partial charge in [0.2, 0.25) is 0 Å². The third kappa shape index (κ3) is 3.32. The van der Waals surface area contributed by atoms with Gasteiger partial charge in [0.05, 0.1) is 13.2 Å². The van der Waals surface area contributed by atoms with Crippen LogP contribution in [0.4, 0.5) is 5.69 Å². The summed E-state index contributed by atoms with van der Waals surface area (Å²) in [6, 6.07) is 6.08. The molecule has 16 heavy (non-hydrogen) atoms. The van der Waals surface area contributed by atoms with Crippen LogP contribution in [0.25, 0.3) is 0 Å². The summed E-state index contributed by atoms with van der Waals surface area (Å²) in [7, 11) is 3.99. The molecule has 0 aliphatic heterocycles. The minimum atomic E-state index is 0.0737. The molecular weight excluding hydrogens is 202 g/mol. The summed E-state index contributed by atoms with van der Waals surface area (Å²) < 4.78 is 0. The van der Waals surface area contributed by atoms with Crippen LogP contribution in [0.5, 0.6) is 0 Å². The van der Waals surface area contributed by atoms with Crippen LogP contribution in [0.15, 0.2) is 23.2 Å². The van der Waals surface area contributed by atoms with E-state index in [1.807, 2.05) is 31.1 Å². The second-order valence-electron chi connectivity index (χ2n) is 3.74. The van der Waals surface area contributed by atoms with Crippen molar-refractivity contribution in [1.82, 2.24) is 0 Å². The lowest BCUT2D eigenvalue weighted by Gasteiger charge is -2.14. The number of hydrogen-bond acceptors (Lipinski definition) is 4. The zero-order valence-corrected chi connectivity index (χ0v) is 9.85. The predicted octanol–water partition coefficient (Wildman–Crippen LogP) is 0.623. The standard InChI is InChI=1S/C12H19N3O/c1-15(2)12-4-3-10(9-14-5-6-16)11(7-12)8-13/h3-4,7,9,16H,5-6,8,13H2,1-2H3. The van der Waals surface area contributed by atoms with Gasteiger partial charge in [-0.05, 0) is 23.3 Å². The van der Waals surface area contributed by atoms with Gasteiger partial charge in [0.15, 0.2) is 0 Å². The summed E-state index contributed by atoms with van der Waals surface area (Å²) in [6.45, 7) is 0.992. The second-order valence-corrected chi connectivity index (χ2v) is 3.74. The summed E-state index contributed by atoms with van der Waals surface area (Å²) in [5, 5.41) is 8.64. The molecule has 0 amide bonds. The van der Waals surface area contributed by atoms with Crippen molar-refractivity contribution >= 4 is 11.9 Å². The molecule has 0 aliphatic carbocycles. The number of anilines is 1. The maximum absolute atomic E-state index is 8.64. The molecule has 1 aromatic rings. The van der Waals surface area contributed by atoms with Crippen molar-refractivity contribution in [2.24, 2.45) is 10.7 Å². The Kier molecular flexibility index (Phi) is 4.95. The van der Waals surface area contributed by atoms with E-state index in [0.717, 1.165) is 16.8 Å². The molecule has 0 spiro atoms. The molecule has 4 heteroatoms. The maximum atomic E-state index is 8.64. The average Bonchev–Trinajstić information content (AvgIpc) is 2.29. The minimum absolute atomic E-state index is 0.0737. The third-order valence-corrected chi connectivity index (χ3v) is 2.32. The summed E-state index contributed by atoms with van der Waals surface area (Å²) in [5.41, 5.74) is 8.90. The monoisotopic (exact) mass is 221 g/mol. The van der Waals surface area contributed by atoms with Crippen LogP contribution in [0.2, 0.25) is 0 Å². The lowest BCUT2D eigenvalue weighted by Crippen LogP contribution is -2.10. The van der Waals surface area contributed by atoms with Crippen LogP contribution in [-0.2, 0) is 6.54 Å². The van der Waals surface area contributed by atoms with E-state index in [-0.39, 0.29) is 6.61 Å². The molecule has 0 bridgehead atoms. The van der Waals surface area contributed by atoms with Gasteiger partial charge in [-0.1, -0.05) is 6.07 Å². The Hall–Kier alpha value is -1.39. The van der Waals surface area contributed by atoms with Crippen LogP contribution in [-0.4, -0.2) is 38.6 Å². The van der Waals surface area contributed by atoms with E-state index in [4.69, 9.17) is 10.8 Å². The van der Waals surface area contributed by atoms with Crippen molar-refractivity contribution in [2.45, 2.75) is 6.54 Å². The molecule has 0 fully saturated rings. The van der Waals surface area contributed by atoms with Gasteiger partial charge in [-0.25, -0.2) is 0 Å². The van der Waals surface area contributed by atoms with Crippen LogP contribution < -0.4 is 10.6 Å². The fourth-order valence-electron chi connectivity index (χ4n) is 1.39. The highest BCUT2D eigenvalue weighted by Crippen LogP contribution is 2.16. The zero-order chi connectivity index (χ0) is 12.0. The van der Waals surface area contributed by atoms with Crippen LogP contribution >= 0.6 is 0 Å². The quantitative estimate of drug-likeness (QED) is 0.717. The largest absolute Gasteiger partial charge is 0.394 e. The smallest absolute Gasteiger partial charge is 0.0626 e. The first kappa shape index (κ1) is 12.7. The molecule has 0 saturated carbocycles. The molecule has 0 atom stereocenters. The Labute approximate surface area is 96.4 Å². The van der Waals surface area contributed by atoms with E-state index in [1.54, 1.807) is 6.21 Å². The van der Waals surface area contributed by atoms with Gasteiger partial charge in [-0.3, -0.25) is 4.99 Å². The lowest BCUT2D eigenvalue weighted by molar-refractivity contribution is 0.307. The van der Waals surface area contributed by atoms with E-state index in [1.165, 1.54) is 0 Å². The Morgan fingerprint density at radius 2 is 2.19 bits per heavy atom. The number of rotatable bonds is 5. The molecule has 0 aliphatic rings. The van der Waals surface area contributed by atoms with Crippen molar-refractivity contribution in [1.29, 1.82) is 0 Å². The number of aliphatic hydroxyl groups excluding tert-OH is 1. The molecule has 0 aromatic heterocycles. The highest BCUT2D eigenvalue weighted by atomic mass is 16.3. The molecule has 0 saturated heterocycles. The van der Waals surface area contributed by atoms with Gasteiger partial charge >= 0.3 is 0 Å². The number of nitrogens with two attached hydrogens (primary N) is 1. The summed E-state index contributed by atoms with van der Waals surface area (Å²) in [6.07, 6.45) is 1.76. The van der Waals surface area contributed by atoms with Crippen molar-refractivity contribution in [2.75, 3.05) is 32.1 Å². The molecule has 0 heterocycles. The number of hydrogen-bond donors (Lipinski definition) is 2. The highest BCUT2D eigenvalue weighted by molar-refractivity contribution is 5.82. The zero-order valence-electron chi connectivity index (χ0n) is 9.85. The number of aliphatic hydroxyl groups is 1. The van der Waals surface area contributed by atoms with Crippen molar-refractivity contribution < 1.29 is 5.11 Å². The normalized spacial score (nSPS) is 11.0. The predicted molar refractivity (Wildman–Crippen MR) is 68.2 cm³/mol. The summed E-state index contributed by atoms with van der Waals surface area (Å²) in [5.74, 6) is 0. The average molecular weight is 221 g/mol. The molecule has 3 N–H and O–H groups in total. The van der Waals surface area contributed by atoms with E-state index >= 15 is 0 Å². The molecule has 4 nitrogen and oxygen atoms in total. The Morgan fingerprint density at radius 3 is 2.75 bits per heavy atom. The Morgan fingerprint density at radius 1 is 1.44 bits per heavy atom. The van der Waals surface area contributed by atoms with Gasteiger partial charge in [0.1, 0.15) is 0 Å². The molecule has 0 radical (unpaired) electrons. The molecule has 1 rings (SSSR count). The van der Waals surface area contributed by atoms with Gasteiger partial charge in [0, 0.05) is 32.5 Å². The van der Waals surface area contributed by atoms with E-state index in [0.29, 0.717) is 13.1 Å². The number of benzene rings is 1. The van der Waals surface area contributed by atoms with Crippen molar-refractivity contribution in [3.8, 4) is 0 Å². The first-order chi connectivity index (χ1) is 7.69. The SMILES string of the molecule is CN(C)c1ccc(C=NCCO)c(CN)c1. The van der Waals surface area contributed by atoms with Crippen LogP contribution in [0.3, 0.4) is 0 Å². The van der Waals surface area contributed by atoms with Gasteiger partial charge in [-0.15, -0.1) is 0 Å². The fraction of sp³-hybridized carbons (Fsp3) is 0.417. The second kappa shape index (κ2) is 6.25. The molecule has 0 unspecified atom stereocenters. The van der Waals surface area contributed by atoms with Crippen molar-refractivity contribution in [3.05, 3.63) is 29.3 Å². The third-order valence-electron chi connectivity index (χ3n) is 2.32. The first-order valence-corrected chi connectivity index (χ1v) is 5.30. The number of aliphatic imine (C=N–C) groups is 1. The van der Waals surface area contributed by atoms with Gasteiger partial charge in [-0.2, -0.15) is 0 Å². The Balaban J connectivity index is 2.93. The van der Waals surface area contributed by atoms with Gasteiger partial charge < -0.3 is 15.7 Å². The summed E-state index contributed by atoms with van der Waals surface area (Å²) >= 11 is 0. The van der Waals surface area contributed by atoms with E-state index in [9.17, 15) is 0 Å². The Bertz CT molecular complexity index is 361. The highest BCUT2D eigenvalue weighted by Gasteiger charge is 2.01. The van der Waals surface area contributed by atoms with Crippen molar-refractivity contribution in [3.63, 3.8) is 0 Å². The lowest BCUT2D eigenvalue weighted by atomic mass is 10.1. The summed E-state index contributed by atoms with van der Waals surface area (Å²) in [4.78, 5) is 6.13. The number of nitrogens with zero attached hydrogens (tertiary/aromatic N) is 2. The first-order valence-electron chi connectivity index (χ1n) is 5.30. The fourth-order valence-corrected chi connectivity index (χ4v) is 1.39. The topological polar surface area (TPSA) is 61.8 Å². The van der Waals surface area contributed by atoms with Crippen LogP contribution in [0, 0.1) is 0 Å².